The predicted octanol–water partition coefficient (Wildman–Crippen LogP) is 13.9. The molecule has 0 aliphatic rings. The molecule has 230 valence electrons. The zero-order valence-corrected chi connectivity index (χ0v) is 27.3. The molecule has 10 aromatic rings. The van der Waals surface area contributed by atoms with Gasteiger partial charge in [0.05, 0.1) is 16.1 Å². The number of para-hydroxylation sites is 3. The molecule has 0 bridgehead atoms. The maximum Gasteiger partial charge on any atom is 0.143 e. The van der Waals surface area contributed by atoms with Crippen molar-refractivity contribution in [2.24, 2.45) is 0 Å². The maximum atomic E-state index is 6.58. The molecule has 0 radical (unpaired) electrons. The molecule has 3 heteroatoms. The summed E-state index contributed by atoms with van der Waals surface area (Å²) in [6.45, 7) is 0. The van der Waals surface area contributed by atoms with E-state index in [2.05, 4.69) is 175 Å². The zero-order chi connectivity index (χ0) is 32.3. The van der Waals surface area contributed by atoms with Crippen LogP contribution in [0.1, 0.15) is 0 Å². The second-order valence-electron chi connectivity index (χ2n) is 12.5. The second-order valence-corrected chi connectivity index (χ2v) is 13.5. The number of fused-ring (bicyclic) bond motifs is 7. The Hall–Kier alpha value is -6.16. The molecule has 0 spiro atoms. The van der Waals surface area contributed by atoms with Gasteiger partial charge in [-0.15, -0.1) is 11.3 Å². The molecule has 2 heterocycles. The van der Waals surface area contributed by atoms with Crippen molar-refractivity contribution in [1.82, 2.24) is 0 Å². The third-order valence-electron chi connectivity index (χ3n) is 9.69. The molecular weight excluding hydrogens is 615 g/mol. The Kier molecular flexibility index (Phi) is 6.39. The van der Waals surface area contributed by atoms with Crippen molar-refractivity contribution in [3.63, 3.8) is 0 Å². The molecule has 10 rings (SSSR count). The predicted molar refractivity (Wildman–Crippen MR) is 210 cm³/mol. The Morgan fingerprint density at radius 2 is 1.02 bits per heavy atom. The van der Waals surface area contributed by atoms with Gasteiger partial charge in [0.1, 0.15) is 11.2 Å². The summed E-state index contributed by atoms with van der Waals surface area (Å²) in [7, 11) is 0. The molecule has 2 aromatic heterocycles. The van der Waals surface area contributed by atoms with Crippen LogP contribution < -0.4 is 4.90 Å². The lowest BCUT2D eigenvalue weighted by Gasteiger charge is -2.28. The van der Waals surface area contributed by atoms with E-state index in [0.29, 0.717) is 0 Å². The number of thiophene rings is 1. The van der Waals surface area contributed by atoms with Gasteiger partial charge in [-0.05, 0) is 58.3 Å². The van der Waals surface area contributed by atoms with Crippen LogP contribution in [0.3, 0.4) is 0 Å². The lowest BCUT2D eigenvalue weighted by Crippen LogP contribution is -2.11. The molecule has 2 nitrogen and oxygen atoms in total. The van der Waals surface area contributed by atoms with Crippen molar-refractivity contribution >= 4 is 81.3 Å². The molecule has 0 fully saturated rings. The van der Waals surface area contributed by atoms with Crippen molar-refractivity contribution in [3.05, 3.63) is 176 Å². The van der Waals surface area contributed by atoms with E-state index >= 15 is 0 Å². The lowest BCUT2D eigenvalue weighted by molar-refractivity contribution is 0.670. The Morgan fingerprint density at radius 3 is 1.94 bits per heavy atom. The molecular formula is C46H29NOS. The SMILES string of the molecule is c1ccc(N(c2ccc(-c3cccc4ccccc34)cc2)c2cccc3c2sc2ccccc23)c(-c2cccc3c2oc2ccccc23)c1. The van der Waals surface area contributed by atoms with Gasteiger partial charge in [0.15, 0.2) is 0 Å². The van der Waals surface area contributed by atoms with Crippen LogP contribution in [0, 0.1) is 0 Å². The van der Waals surface area contributed by atoms with Crippen LogP contribution >= 0.6 is 11.3 Å². The highest BCUT2D eigenvalue weighted by molar-refractivity contribution is 7.26. The quantitative estimate of drug-likeness (QED) is 0.186. The van der Waals surface area contributed by atoms with Crippen LogP contribution in [0.15, 0.2) is 180 Å². The Labute approximate surface area is 287 Å². The summed E-state index contributed by atoms with van der Waals surface area (Å²) < 4.78 is 9.13. The number of hydrogen-bond acceptors (Lipinski definition) is 3. The number of anilines is 3. The summed E-state index contributed by atoms with van der Waals surface area (Å²) in [5.41, 5.74) is 9.77. The Morgan fingerprint density at radius 1 is 0.408 bits per heavy atom. The van der Waals surface area contributed by atoms with Gasteiger partial charge in [-0.1, -0.05) is 140 Å². The van der Waals surface area contributed by atoms with E-state index in [9.17, 15) is 0 Å². The third-order valence-corrected chi connectivity index (χ3v) is 10.9. The van der Waals surface area contributed by atoms with Crippen molar-refractivity contribution in [2.75, 3.05) is 4.90 Å². The van der Waals surface area contributed by atoms with Gasteiger partial charge in [0, 0.05) is 43.1 Å². The molecule has 0 atom stereocenters. The number of furan rings is 1. The maximum absolute atomic E-state index is 6.58. The smallest absolute Gasteiger partial charge is 0.143 e. The summed E-state index contributed by atoms with van der Waals surface area (Å²) in [5, 5.41) is 7.32. The summed E-state index contributed by atoms with van der Waals surface area (Å²) in [5.74, 6) is 0. The minimum Gasteiger partial charge on any atom is -0.455 e. The first-order valence-electron chi connectivity index (χ1n) is 16.6. The molecule has 0 N–H and O–H groups in total. The van der Waals surface area contributed by atoms with Crippen LogP contribution in [0.4, 0.5) is 17.1 Å². The molecule has 0 saturated heterocycles. The lowest BCUT2D eigenvalue weighted by atomic mass is 9.97. The van der Waals surface area contributed by atoms with Gasteiger partial charge in [-0.25, -0.2) is 0 Å². The average Bonchev–Trinajstić information content (AvgIpc) is 3.75. The van der Waals surface area contributed by atoms with Gasteiger partial charge in [0.2, 0.25) is 0 Å². The van der Waals surface area contributed by atoms with Crippen LogP contribution in [-0.4, -0.2) is 0 Å². The van der Waals surface area contributed by atoms with E-state index < -0.39 is 0 Å². The first-order chi connectivity index (χ1) is 24.3. The highest BCUT2D eigenvalue weighted by atomic mass is 32.1. The van der Waals surface area contributed by atoms with E-state index in [1.807, 2.05) is 17.4 Å². The van der Waals surface area contributed by atoms with Gasteiger partial charge in [-0.2, -0.15) is 0 Å². The summed E-state index contributed by atoms with van der Waals surface area (Å²) >= 11 is 1.85. The minimum absolute atomic E-state index is 0.901. The van der Waals surface area contributed by atoms with E-state index in [0.717, 1.165) is 50.1 Å². The van der Waals surface area contributed by atoms with Gasteiger partial charge >= 0.3 is 0 Å². The monoisotopic (exact) mass is 643 g/mol. The number of rotatable bonds is 5. The highest BCUT2D eigenvalue weighted by Gasteiger charge is 2.23. The van der Waals surface area contributed by atoms with Crippen LogP contribution in [-0.2, 0) is 0 Å². The molecule has 8 aromatic carbocycles. The van der Waals surface area contributed by atoms with Crippen LogP contribution in [0.2, 0.25) is 0 Å². The van der Waals surface area contributed by atoms with Crippen LogP contribution in [0.25, 0.3) is 75.1 Å². The fraction of sp³-hybridized carbons (Fsp3) is 0. The topological polar surface area (TPSA) is 16.4 Å². The van der Waals surface area contributed by atoms with E-state index in [-0.39, 0.29) is 0 Å². The van der Waals surface area contributed by atoms with Gasteiger partial charge in [-0.3, -0.25) is 0 Å². The molecule has 0 unspecified atom stereocenters. The second kappa shape index (κ2) is 11.2. The highest BCUT2D eigenvalue weighted by Crippen LogP contribution is 2.48. The van der Waals surface area contributed by atoms with Gasteiger partial charge in [0.25, 0.3) is 0 Å². The van der Waals surface area contributed by atoms with E-state index in [1.54, 1.807) is 0 Å². The minimum atomic E-state index is 0.901. The summed E-state index contributed by atoms with van der Waals surface area (Å²) in [6.07, 6.45) is 0. The standard InChI is InChI=1S/C46H29NOS/c1-2-14-33-30(12-1)13-9-18-34(33)31-26-28-32(29-27-31)47(42-23-11-21-40-37-17-5-8-25-44(37)49-46(40)42)41-22-6-3-15-35(41)38-19-10-20-39-36-16-4-7-24-43(36)48-45(38)39/h1-29H. The third kappa shape index (κ3) is 4.47. The van der Waals surface area contributed by atoms with Crippen molar-refractivity contribution < 1.29 is 4.42 Å². The van der Waals surface area contributed by atoms with Gasteiger partial charge < -0.3 is 9.32 Å². The van der Waals surface area contributed by atoms with Crippen molar-refractivity contribution in [3.8, 4) is 22.3 Å². The van der Waals surface area contributed by atoms with E-state index in [4.69, 9.17) is 4.42 Å². The molecule has 0 aliphatic carbocycles. The fourth-order valence-electron chi connectivity index (χ4n) is 7.44. The van der Waals surface area contributed by atoms with Crippen molar-refractivity contribution in [2.45, 2.75) is 0 Å². The zero-order valence-electron chi connectivity index (χ0n) is 26.5. The number of benzene rings is 8. The number of hydrogen-bond donors (Lipinski definition) is 0. The molecule has 0 amide bonds. The van der Waals surface area contributed by atoms with E-state index in [1.165, 1.54) is 42.1 Å². The van der Waals surface area contributed by atoms with Crippen molar-refractivity contribution in [1.29, 1.82) is 0 Å². The summed E-state index contributed by atoms with van der Waals surface area (Å²) in [4.78, 5) is 2.43. The Balaban J connectivity index is 1.22. The molecule has 0 aliphatic heterocycles. The molecule has 49 heavy (non-hydrogen) atoms. The average molecular weight is 644 g/mol. The first kappa shape index (κ1) is 27.9. The number of nitrogens with zero attached hydrogens (tertiary/aromatic N) is 1. The summed E-state index contributed by atoms with van der Waals surface area (Å²) in [6, 6.07) is 63.2. The largest absolute Gasteiger partial charge is 0.455 e. The first-order valence-corrected chi connectivity index (χ1v) is 17.4. The van der Waals surface area contributed by atoms with Crippen LogP contribution in [0.5, 0.6) is 0 Å². The molecule has 0 saturated carbocycles. The Bertz CT molecular complexity index is 2840. The normalized spacial score (nSPS) is 11.7. The fourth-order valence-corrected chi connectivity index (χ4v) is 8.65.